The summed E-state index contributed by atoms with van der Waals surface area (Å²) in [5.41, 5.74) is 1.67. The number of anilines is 1. The van der Waals surface area contributed by atoms with Crippen LogP contribution in [0, 0.1) is 5.82 Å². The minimum absolute atomic E-state index is 0.284. The number of rotatable bonds is 3. The Kier molecular flexibility index (Phi) is 5.12. The molecule has 0 unspecified atom stereocenters. The smallest absolute Gasteiger partial charge is 0.137 e. The summed E-state index contributed by atoms with van der Waals surface area (Å²) in [6, 6.07) is 8.49. The summed E-state index contributed by atoms with van der Waals surface area (Å²) in [4.78, 5) is 0. The van der Waals surface area contributed by atoms with E-state index in [0.717, 1.165) is 15.7 Å². The van der Waals surface area contributed by atoms with Gasteiger partial charge in [0, 0.05) is 11.0 Å². The van der Waals surface area contributed by atoms with Gasteiger partial charge in [-0.05, 0) is 61.7 Å². The van der Waals surface area contributed by atoms with Crippen molar-refractivity contribution < 1.29 is 4.39 Å². The zero-order chi connectivity index (χ0) is 14.0. The second-order valence-electron chi connectivity index (χ2n) is 3.82. The number of benzene rings is 2. The predicted octanol–water partition coefficient (Wildman–Crippen LogP) is 6.27. The van der Waals surface area contributed by atoms with Crippen LogP contribution in [0.25, 0.3) is 0 Å². The van der Waals surface area contributed by atoms with E-state index in [-0.39, 0.29) is 5.82 Å². The fourth-order valence-corrected chi connectivity index (χ4v) is 2.78. The first-order chi connectivity index (χ1) is 8.99. The van der Waals surface area contributed by atoms with Crippen LogP contribution in [0.1, 0.15) is 5.56 Å². The molecule has 2 aromatic rings. The molecular formula is C13H8Br2Cl2FN. The van der Waals surface area contributed by atoms with E-state index in [9.17, 15) is 4.39 Å². The van der Waals surface area contributed by atoms with Crippen LogP contribution in [-0.2, 0) is 6.54 Å². The van der Waals surface area contributed by atoms with Gasteiger partial charge in [0.2, 0.25) is 0 Å². The van der Waals surface area contributed by atoms with E-state index in [1.807, 2.05) is 12.1 Å². The molecule has 2 rings (SSSR count). The highest BCUT2D eigenvalue weighted by Gasteiger charge is 2.08. The second kappa shape index (κ2) is 6.44. The molecule has 0 saturated heterocycles. The first-order valence-corrected chi connectivity index (χ1v) is 7.64. The van der Waals surface area contributed by atoms with Crippen LogP contribution in [0.15, 0.2) is 39.3 Å². The lowest BCUT2D eigenvalue weighted by Gasteiger charge is -2.11. The van der Waals surface area contributed by atoms with Crippen LogP contribution >= 0.6 is 55.1 Å². The number of hydrogen-bond acceptors (Lipinski definition) is 1. The van der Waals surface area contributed by atoms with Crippen LogP contribution in [0.5, 0.6) is 0 Å². The Morgan fingerprint density at radius 3 is 2.42 bits per heavy atom. The molecular weight excluding hydrogens is 420 g/mol. The van der Waals surface area contributed by atoms with Gasteiger partial charge in [-0.2, -0.15) is 0 Å². The van der Waals surface area contributed by atoms with Crippen LogP contribution in [0.4, 0.5) is 10.1 Å². The van der Waals surface area contributed by atoms with Gasteiger partial charge < -0.3 is 5.32 Å². The summed E-state index contributed by atoms with van der Waals surface area (Å²) in [5.74, 6) is -0.284. The van der Waals surface area contributed by atoms with Gasteiger partial charge in [0.25, 0.3) is 0 Å². The first kappa shape index (κ1) is 15.1. The molecule has 0 atom stereocenters. The maximum absolute atomic E-state index is 13.1. The van der Waals surface area contributed by atoms with Gasteiger partial charge >= 0.3 is 0 Å². The van der Waals surface area contributed by atoms with E-state index >= 15 is 0 Å². The van der Waals surface area contributed by atoms with E-state index in [4.69, 9.17) is 23.2 Å². The molecule has 2 aromatic carbocycles. The van der Waals surface area contributed by atoms with E-state index in [2.05, 4.69) is 37.2 Å². The predicted molar refractivity (Wildman–Crippen MR) is 85.6 cm³/mol. The normalized spacial score (nSPS) is 10.6. The topological polar surface area (TPSA) is 12.0 Å². The minimum atomic E-state index is -0.284. The van der Waals surface area contributed by atoms with Gasteiger partial charge in [0.1, 0.15) is 5.82 Å². The average molecular weight is 428 g/mol. The lowest BCUT2D eigenvalue weighted by molar-refractivity contribution is 0.620. The SMILES string of the molecule is Fc1ccc(CNc2ccc(Br)c(Cl)c2Cl)cc1Br. The van der Waals surface area contributed by atoms with Crippen molar-refractivity contribution in [3.63, 3.8) is 0 Å². The van der Waals surface area contributed by atoms with E-state index in [0.29, 0.717) is 21.1 Å². The third-order valence-corrected chi connectivity index (χ3v) is 4.88. The van der Waals surface area contributed by atoms with Gasteiger partial charge in [0.05, 0.1) is 20.2 Å². The first-order valence-electron chi connectivity index (χ1n) is 5.30. The molecule has 1 nitrogen and oxygen atoms in total. The molecule has 0 fully saturated rings. The molecule has 0 spiro atoms. The number of nitrogens with one attached hydrogen (secondary N) is 1. The zero-order valence-corrected chi connectivity index (χ0v) is 14.2. The van der Waals surface area contributed by atoms with E-state index in [1.54, 1.807) is 12.1 Å². The van der Waals surface area contributed by atoms with Crippen LogP contribution in [-0.4, -0.2) is 0 Å². The molecule has 0 radical (unpaired) electrons. The largest absolute Gasteiger partial charge is 0.380 e. The fourth-order valence-electron chi connectivity index (χ4n) is 1.51. The number of hydrogen-bond donors (Lipinski definition) is 1. The van der Waals surface area contributed by atoms with Crippen molar-refractivity contribution >= 4 is 60.7 Å². The van der Waals surface area contributed by atoms with Crippen LogP contribution in [0.3, 0.4) is 0 Å². The summed E-state index contributed by atoms with van der Waals surface area (Å²) in [5, 5.41) is 4.08. The molecule has 6 heteroatoms. The van der Waals surface area contributed by atoms with Gasteiger partial charge in [-0.15, -0.1) is 0 Å². The summed E-state index contributed by atoms with van der Waals surface area (Å²) < 4.78 is 14.3. The highest BCUT2D eigenvalue weighted by Crippen LogP contribution is 2.36. The Morgan fingerprint density at radius 1 is 1.00 bits per heavy atom. The van der Waals surface area contributed by atoms with Crippen molar-refractivity contribution in [2.24, 2.45) is 0 Å². The van der Waals surface area contributed by atoms with Gasteiger partial charge in [-0.25, -0.2) is 4.39 Å². The van der Waals surface area contributed by atoms with Crippen molar-refractivity contribution in [2.75, 3.05) is 5.32 Å². The third kappa shape index (κ3) is 3.63. The third-order valence-electron chi connectivity index (χ3n) is 2.50. The quantitative estimate of drug-likeness (QED) is 0.569. The highest BCUT2D eigenvalue weighted by molar-refractivity contribution is 9.10. The maximum atomic E-state index is 13.1. The Hall–Kier alpha value is -0.290. The van der Waals surface area contributed by atoms with Crippen molar-refractivity contribution in [2.45, 2.75) is 6.54 Å². The van der Waals surface area contributed by atoms with Crippen LogP contribution < -0.4 is 5.32 Å². The molecule has 0 aliphatic heterocycles. The van der Waals surface area contributed by atoms with Gasteiger partial charge in [0.15, 0.2) is 0 Å². The zero-order valence-electron chi connectivity index (χ0n) is 9.48. The molecule has 1 N–H and O–H groups in total. The standard InChI is InChI=1S/C13H8Br2Cl2FN/c14-8-2-4-11(13(17)12(8)16)19-6-7-1-3-10(18)9(15)5-7/h1-5,19H,6H2. The molecule has 0 aliphatic rings. The summed E-state index contributed by atoms with van der Waals surface area (Å²) >= 11 is 18.6. The Morgan fingerprint density at radius 2 is 1.74 bits per heavy atom. The second-order valence-corrected chi connectivity index (χ2v) is 6.29. The summed E-state index contributed by atoms with van der Waals surface area (Å²) in [6.45, 7) is 0.524. The molecule has 100 valence electrons. The molecule has 0 bridgehead atoms. The lowest BCUT2D eigenvalue weighted by atomic mass is 10.2. The Labute approximate surface area is 137 Å². The highest BCUT2D eigenvalue weighted by atomic mass is 79.9. The molecule has 0 saturated carbocycles. The fraction of sp³-hybridized carbons (Fsp3) is 0.0769. The number of halogens is 5. The molecule has 0 amide bonds. The van der Waals surface area contributed by atoms with E-state index < -0.39 is 0 Å². The van der Waals surface area contributed by atoms with Crippen molar-refractivity contribution in [1.29, 1.82) is 0 Å². The lowest BCUT2D eigenvalue weighted by Crippen LogP contribution is -2.00. The summed E-state index contributed by atoms with van der Waals surface area (Å²) in [7, 11) is 0. The molecule has 0 aliphatic carbocycles. The van der Waals surface area contributed by atoms with E-state index in [1.165, 1.54) is 6.07 Å². The van der Waals surface area contributed by atoms with Crippen molar-refractivity contribution in [3.8, 4) is 0 Å². The minimum Gasteiger partial charge on any atom is -0.380 e. The molecule has 0 aromatic heterocycles. The Balaban J connectivity index is 2.14. The van der Waals surface area contributed by atoms with Crippen LogP contribution in [0.2, 0.25) is 10.0 Å². The van der Waals surface area contributed by atoms with Gasteiger partial charge in [-0.1, -0.05) is 29.3 Å². The maximum Gasteiger partial charge on any atom is 0.137 e. The molecule has 0 heterocycles. The summed E-state index contributed by atoms with van der Waals surface area (Å²) in [6.07, 6.45) is 0. The Bertz CT molecular complexity index is 620. The van der Waals surface area contributed by atoms with Gasteiger partial charge in [-0.3, -0.25) is 0 Å². The average Bonchev–Trinajstić information content (AvgIpc) is 2.39. The van der Waals surface area contributed by atoms with Crippen molar-refractivity contribution in [3.05, 3.63) is 60.7 Å². The monoisotopic (exact) mass is 425 g/mol. The van der Waals surface area contributed by atoms with Crippen molar-refractivity contribution in [1.82, 2.24) is 0 Å². The molecule has 19 heavy (non-hydrogen) atoms.